The molecule has 1 fully saturated rings. The molecule has 1 aliphatic carbocycles. The molecule has 6 heteroatoms. The number of carbonyl (C=O) groups excluding carboxylic acids is 1. The van der Waals surface area contributed by atoms with Crippen LogP contribution in [-0.4, -0.2) is 23.0 Å². The number of halogens is 2. The molecule has 1 amide bonds. The van der Waals surface area contributed by atoms with Crippen molar-refractivity contribution in [3.8, 4) is 0 Å². The van der Waals surface area contributed by atoms with Crippen molar-refractivity contribution in [2.24, 2.45) is 5.92 Å². The molecule has 1 aromatic rings. The number of carboxylic acids is 1. The number of hydrogen-bond acceptors (Lipinski definition) is 2. The van der Waals surface area contributed by atoms with E-state index in [0.717, 1.165) is 44.2 Å². The average Bonchev–Trinajstić information content (AvgIpc) is 2.45. The van der Waals surface area contributed by atoms with Crippen molar-refractivity contribution >= 4 is 23.5 Å². The Labute approximate surface area is 127 Å². The van der Waals surface area contributed by atoms with Gasteiger partial charge in [-0.1, -0.05) is 30.9 Å². The van der Waals surface area contributed by atoms with Crippen molar-refractivity contribution in [3.05, 3.63) is 34.6 Å². The van der Waals surface area contributed by atoms with Gasteiger partial charge in [0.15, 0.2) is 0 Å². The molecule has 1 unspecified atom stereocenters. The van der Waals surface area contributed by atoms with Crippen LogP contribution in [0.25, 0.3) is 0 Å². The van der Waals surface area contributed by atoms with Gasteiger partial charge in [0.05, 0.1) is 10.6 Å². The fourth-order valence-corrected chi connectivity index (χ4v) is 2.99. The second-order valence-electron chi connectivity index (χ2n) is 5.31. The SMILES string of the molecule is O=C(NC(C(=O)O)C1CCCCC1)c1ccc(F)cc1Cl. The van der Waals surface area contributed by atoms with E-state index in [1.807, 2.05) is 0 Å². The van der Waals surface area contributed by atoms with E-state index in [2.05, 4.69) is 5.32 Å². The molecular weight excluding hydrogens is 297 g/mol. The number of amides is 1. The lowest BCUT2D eigenvalue weighted by Gasteiger charge is -2.28. The fraction of sp³-hybridized carbons (Fsp3) is 0.467. The second kappa shape index (κ2) is 6.89. The minimum Gasteiger partial charge on any atom is -0.480 e. The van der Waals surface area contributed by atoms with Gasteiger partial charge in [-0.25, -0.2) is 9.18 Å². The zero-order valence-electron chi connectivity index (χ0n) is 11.4. The molecule has 21 heavy (non-hydrogen) atoms. The van der Waals surface area contributed by atoms with Crippen LogP contribution in [0.2, 0.25) is 5.02 Å². The Morgan fingerprint density at radius 1 is 1.29 bits per heavy atom. The summed E-state index contributed by atoms with van der Waals surface area (Å²) in [5, 5.41) is 11.8. The van der Waals surface area contributed by atoms with Gasteiger partial charge < -0.3 is 10.4 Å². The predicted octanol–water partition coefficient (Wildman–Crippen LogP) is 3.24. The zero-order valence-corrected chi connectivity index (χ0v) is 12.2. The quantitative estimate of drug-likeness (QED) is 0.896. The predicted molar refractivity (Wildman–Crippen MR) is 76.9 cm³/mol. The molecule has 4 nitrogen and oxygen atoms in total. The Hall–Kier alpha value is -1.62. The average molecular weight is 314 g/mol. The standard InChI is InChI=1S/C15H17ClFNO3/c16-12-8-10(17)6-7-11(12)14(19)18-13(15(20)21)9-4-2-1-3-5-9/h6-9,13H,1-5H2,(H,18,19)(H,20,21). The van der Waals surface area contributed by atoms with E-state index in [9.17, 15) is 19.1 Å². The van der Waals surface area contributed by atoms with Crippen LogP contribution >= 0.6 is 11.6 Å². The molecular formula is C15H17ClFNO3. The monoisotopic (exact) mass is 313 g/mol. The molecule has 0 saturated heterocycles. The molecule has 1 aromatic carbocycles. The van der Waals surface area contributed by atoms with Gasteiger partial charge in [-0.2, -0.15) is 0 Å². The van der Waals surface area contributed by atoms with Gasteiger partial charge in [-0.15, -0.1) is 0 Å². The molecule has 0 heterocycles. The highest BCUT2D eigenvalue weighted by molar-refractivity contribution is 6.33. The lowest BCUT2D eigenvalue weighted by molar-refractivity contribution is -0.141. The van der Waals surface area contributed by atoms with Gasteiger partial charge in [-0.3, -0.25) is 4.79 Å². The summed E-state index contributed by atoms with van der Waals surface area (Å²) >= 11 is 5.82. The number of carboxylic acid groups (broad SMARTS) is 1. The van der Waals surface area contributed by atoms with Gasteiger partial charge >= 0.3 is 5.97 Å². The molecule has 2 rings (SSSR count). The largest absolute Gasteiger partial charge is 0.480 e. The highest BCUT2D eigenvalue weighted by Crippen LogP contribution is 2.27. The first-order chi connectivity index (χ1) is 9.99. The van der Waals surface area contributed by atoms with E-state index >= 15 is 0 Å². The van der Waals surface area contributed by atoms with Crippen molar-refractivity contribution in [2.45, 2.75) is 38.1 Å². The van der Waals surface area contributed by atoms with Crippen LogP contribution < -0.4 is 5.32 Å². The normalized spacial score (nSPS) is 17.2. The van der Waals surface area contributed by atoms with Crippen LogP contribution in [0.5, 0.6) is 0 Å². The van der Waals surface area contributed by atoms with Crippen molar-refractivity contribution in [1.82, 2.24) is 5.32 Å². The first kappa shape index (κ1) is 15.8. The summed E-state index contributed by atoms with van der Waals surface area (Å²) in [6.45, 7) is 0. The third-order valence-corrected chi connectivity index (χ3v) is 4.16. The number of hydrogen-bond donors (Lipinski definition) is 2. The fourth-order valence-electron chi connectivity index (χ4n) is 2.74. The summed E-state index contributed by atoms with van der Waals surface area (Å²) in [6, 6.07) is 2.48. The van der Waals surface area contributed by atoms with Crippen molar-refractivity contribution in [1.29, 1.82) is 0 Å². The van der Waals surface area contributed by atoms with Gasteiger partial charge in [0.1, 0.15) is 11.9 Å². The molecule has 114 valence electrons. The summed E-state index contributed by atoms with van der Waals surface area (Å²) in [5.74, 6) is -2.25. The number of aliphatic carboxylic acids is 1. The van der Waals surface area contributed by atoms with E-state index in [4.69, 9.17) is 11.6 Å². The molecule has 2 N–H and O–H groups in total. The van der Waals surface area contributed by atoms with E-state index in [1.165, 1.54) is 6.07 Å². The maximum absolute atomic E-state index is 13.0. The first-order valence-electron chi connectivity index (χ1n) is 6.98. The van der Waals surface area contributed by atoms with E-state index in [-0.39, 0.29) is 16.5 Å². The summed E-state index contributed by atoms with van der Waals surface area (Å²) < 4.78 is 13.0. The smallest absolute Gasteiger partial charge is 0.326 e. The summed E-state index contributed by atoms with van der Waals surface area (Å²) in [4.78, 5) is 23.5. The van der Waals surface area contributed by atoms with Gasteiger partial charge in [0.2, 0.25) is 0 Å². The van der Waals surface area contributed by atoms with Gasteiger partial charge in [0.25, 0.3) is 5.91 Å². The van der Waals surface area contributed by atoms with Crippen LogP contribution in [0.1, 0.15) is 42.5 Å². The molecule has 1 aliphatic rings. The highest BCUT2D eigenvalue weighted by atomic mass is 35.5. The Balaban J connectivity index is 2.12. The Kier molecular flexibility index (Phi) is 5.17. The van der Waals surface area contributed by atoms with Crippen LogP contribution in [0.3, 0.4) is 0 Å². The lowest BCUT2D eigenvalue weighted by atomic mass is 9.84. The van der Waals surface area contributed by atoms with Gasteiger partial charge in [-0.05, 0) is 37.0 Å². The molecule has 0 radical (unpaired) electrons. The van der Waals surface area contributed by atoms with Crippen LogP contribution in [0.4, 0.5) is 4.39 Å². The Morgan fingerprint density at radius 2 is 1.95 bits per heavy atom. The Morgan fingerprint density at radius 3 is 2.52 bits per heavy atom. The molecule has 0 bridgehead atoms. The third-order valence-electron chi connectivity index (χ3n) is 3.85. The van der Waals surface area contributed by atoms with E-state index in [0.29, 0.717) is 0 Å². The highest BCUT2D eigenvalue weighted by Gasteiger charge is 2.31. The first-order valence-corrected chi connectivity index (χ1v) is 7.35. The molecule has 1 atom stereocenters. The minimum absolute atomic E-state index is 0.0275. The van der Waals surface area contributed by atoms with Crippen LogP contribution in [-0.2, 0) is 4.79 Å². The van der Waals surface area contributed by atoms with Gasteiger partial charge in [0, 0.05) is 0 Å². The number of carbonyl (C=O) groups is 2. The van der Waals surface area contributed by atoms with Crippen LogP contribution in [0, 0.1) is 11.7 Å². The van der Waals surface area contributed by atoms with Crippen molar-refractivity contribution in [3.63, 3.8) is 0 Å². The van der Waals surface area contributed by atoms with E-state index in [1.54, 1.807) is 0 Å². The van der Waals surface area contributed by atoms with E-state index < -0.39 is 23.7 Å². The molecule has 0 spiro atoms. The number of benzene rings is 1. The summed E-state index contributed by atoms with van der Waals surface area (Å²) in [7, 11) is 0. The molecule has 0 aliphatic heterocycles. The van der Waals surface area contributed by atoms with Crippen molar-refractivity contribution in [2.75, 3.05) is 0 Å². The third kappa shape index (κ3) is 3.94. The maximum Gasteiger partial charge on any atom is 0.326 e. The number of nitrogens with one attached hydrogen (secondary N) is 1. The van der Waals surface area contributed by atoms with Crippen LogP contribution in [0.15, 0.2) is 18.2 Å². The molecule has 0 aromatic heterocycles. The lowest BCUT2D eigenvalue weighted by Crippen LogP contribution is -2.46. The number of rotatable bonds is 4. The summed E-state index contributed by atoms with van der Waals surface area (Å²) in [6.07, 6.45) is 4.62. The Bertz CT molecular complexity index is 544. The second-order valence-corrected chi connectivity index (χ2v) is 5.72. The van der Waals surface area contributed by atoms with Crippen molar-refractivity contribution < 1.29 is 19.1 Å². The maximum atomic E-state index is 13.0. The topological polar surface area (TPSA) is 66.4 Å². The zero-order chi connectivity index (χ0) is 15.4. The minimum atomic E-state index is -1.05. The summed E-state index contributed by atoms with van der Waals surface area (Å²) in [5.41, 5.74) is 0.0835. The molecule has 1 saturated carbocycles.